The molecule has 3 aliphatic rings. The van der Waals surface area contributed by atoms with Crippen molar-refractivity contribution in [2.75, 3.05) is 0 Å². The summed E-state index contributed by atoms with van der Waals surface area (Å²) in [5, 5.41) is 0. The largest absolute Gasteiger partial charge is 0.269 e. The van der Waals surface area contributed by atoms with Gasteiger partial charge in [0.1, 0.15) is 0 Å². The number of hydrogen-bond donors (Lipinski definition) is 0. The van der Waals surface area contributed by atoms with Gasteiger partial charge < -0.3 is 0 Å². The van der Waals surface area contributed by atoms with Gasteiger partial charge >= 0.3 is 110 Å². The van der Waals surface area contributed by atoms with E-state index in [1.165, 1.54) is 38.5 Å². The molecule has 0 aromatic rings. The van der Waals surface area contributed by atoms with Gasteiger partial charge in [-0.1, -0.05) is 0 Å². The Morgan fingerprint density at radius 1 is 1.00 bits per heavy atom. The standard InChI is InChI=1S/C10H13.C5H5.2FH.Zr/c1-2-6-9(5-1)10-7-3-4-8-10;1-2-4-5-3-1;;;/h1,5,10H,2-4,7-8H2;1-3H,4H2;2*1H;. The van der Waals surface area contributed by atoms with E-state index in [1.807, 2.05) is 3.28 Å². The molecule has 0 aromatic carbocycles. The number of rotatable bonds is 3. The molecule has 18 heavy (non-hydrogen) atoms. The van der Waals surface area contributed by atoms with Gasteiger partial charge in [-0.2, -0.15) is 0 Å². The molecule has 1 saturated carbocycles. The SMILES string of the molecule is C1=CC[C]([Zr][C]2=C(C3CCCC3)C=CC2)=C1.F.F. The van der Waals surface area contributed by atoms with Crippen LogP contribution in [0, 0.1) is 5.92 Å². The Bertz CT molecular complexity index is 399. The van der Waals surface area contributed by atoms with Gasteiger partial charge in [-0.05, 0) is 0 Å². The second-order valence-corrected chi connectivity index (χ2v) is 8.65. The van der Waals surface area contributed by atoms with Crippen LogP contribution in [-0.2, 0) is 23.2 Å². The average molecular weight is 330 g/mol. The molecule has 3 rings (SSSR count). The van der Waals surface area contributed by atoms with Gasteiger partial charge in [0.25, 0.3) is 0 Å². The number of halogens is 2. The molecule has 0 atom stereocenters. The Balaban J connectivity index is 0.000000810. The molecule has 0 unspecified atom stereocenters. The summed E-state index contributed by atoms with van der Waals surface area (Å²) >= 11 is -0.399. The molecule has 0 amide bonds. The Morgan fingerprint density at radius 3 is 2.44 bits per heavy atom. The van der Waals surface area contributed by atoms with Crippen molar-refractivity contribution < 1.29 is 32.6 Å². The number of hydrogen-bond acceptors (Lipinski definition) is 0. The van der Waals surface area contributed by atoms with Gasteiger partial charge in [-0.15, -0.1) is 0 Å². The first-order chi connectivity index (χ1) is 7.93. The zero-order valence-corrected chi connectivity index (χ0v) is 13.0. The maximum absolute atomic E-state index is 2.45. The smallest absolute Gasteiger partial charge is 0.269 e. The van der Waals surface area contributed by atoms with Crippen LogP contribution in [0.2, 0.25) is 0 Å². The van der Waals surface area contributed by atoms with E-state index < -0.39 is 23.2 Å². The zero-order chi connectivity index (χ0) is 10.8. The van der Waals surface area contributed by atoms with Crippen molar-refractivity contribution in [1.29, 1.82) is 0 Å². The van der Waals surface area contributed by atoms with Gasteiger partial charge in [0.05, 0.1) is 0 Å². The van der Waals surface area contributed by atoms with E-state index in [9.17, 15) is 0 Å². The van der Waals surface area contributed by atoms with Crippen LogP contribution in [0.15, 0.2) is 42.5 Å². The molecule has 0 aromatic heterocycles. The molecule has 0 aliphatic heterocycles. The van der Waals surface area contributed by atoms with Crippen LogP contribution in [0.4, 0.5) is 9.41 Å². The van der Waals surface area contributed by atoms with Crippen molar-refractivity contribution in [3.8, 4) is 0 Å². The fourth-order valence-electron chi connectivity index (χ4n) is 3.00. The first-order valence-electron chi connectivity index (χ1n) is 6.46. The molecular formula is C15H20F2Zr. The average Bonchev–Trinajstić information content (AvgIpc) is 2.98. The molecule has 98 valence electrons. The predicted octanol–water partition coefficient (Wildman–Crippen LogP) is 4.62. The predicted molar refractivity (Wildman–Crippen MR) is 69.6 cm³/mol. The molecule has 0 N–H and O–H groups in total. The van der Waals surface area contributed by atoms with E-state index in [1.54, 1.807) is 8.85 Å². The van der Waals surface area contributed by atoms with Crippen molar-refractivity contribution >= 4 is 0 Å². The normalized spacial score (nSPS) is 21.9. The van der Waals surface area contributed by atoms with Crippen LogP contribution in [0.5, 0.6) is 0 Å². The van der Waals surface area contributed by atoms with Crippen molar-refractivity contribution in [2.24, 2.45) is 5.92 Å². The molecule has 3 heteroatoms. The summed E-state index contributed by atoms with van der Waals surface area (Å²) in [6, 6.07) is 0. The Kier molecular flexibility index (Phi) is 6.42. The zero-order valence-electron chi connectivity index (χ0n) is 10.5. The van der Waals surface area contributed by atoms with E-state index in [-0.39, 0.29) is 9.41 Å². The van der Waals surface area contributed by atoms with Gasteiger partial charge in [0.15, 0.2) is 0 Å². The summed E-state index contributed by atoms with van der Waals surface area (Å²) in [6.07, 6.45) is 20.2. The van der Waals surface area contributed by atoms with Gasteiger partial charge in [-0.25, -0.2) is 0 Å². The summed E-state index contributed by atoms with van der Waals surface area (Å²) in [5.74, 6) is 0.935. The Morgan fingerprint density at radius 2 is 1.78 bits per heavy atom. The second kappa shape index (κ2) is 7.33. The molecule has 0 saturated heterocycles. The van der Waals surface area contributed by atoms with Crippen LogP contribution >= 0.6 is 0 Å². The van der Waals surface area contributed by atoms with Crippen LogP contribution in [-0.4, -0.2) is 0 Å². The topological polar surface area (TPSA) is 0 Å². The minimum Gasteiger partial charge on any atom is -0.269 e. The Labute approximate surface area is 119 Å². The first-order valence-corrected chi connectivity index (χ1v) is 8.91. The maximum atomic E-state index is 2.45. The molecule has 0 spiro atoms. The summed E-state index contributed by atoms with van der Waals surface area (Å²) in [4.78, 5) is 0. The van der Waals surface area contributed by atoms with Crippen LogP contribution in [0.1, 0.15) is 38.5 Å². The summed E-state index contributed by atoms with van der Waals surface area (Å²) in [5.41, 5.74) is 1.77. The van der Waals surface area contributed by atoms with Gasteiger partial charge in [0.2, 0.25) is 0 Å². The third-order valence-corrected chi connectivity index (χ3v) is 7.50. The third kappa shape index (κ3) is 3.38. The van der Waals surface area contributed by atoms with E-state index >= 15 is 0 Å². The molecular weight excluding hydrogens is 309 g/mol. The molecule has 3 aliphatic carbocycles. The maximum Gasteiger partial charge on any atom is -0.269 e. The minimum atomic E-state index is -0.399. The second-order valence-electron chi connectivity index (χ2n) is 4.97. The van der Waals surface area contributed by atoms with Crippen molar-refractivity contribution in [3.05, 3.63) is 42.5 Å². The summed E-state index contributed by atoms with van der Waals surface area (Å²) < 4.78 is 3.66. The van der Waals surface area contributed by atoms with E-state index in [2.05, 4.69) is 30.4 Å². The van der Waals surface area contributed by atoms with Crippen LogP contribution in [0.3, 0.4) is 0 Å². The molecule has 0 heterocycles. The molecule has 1 fully saturated rings. The third-order valence-electron chi connectivity index (χ3n) is 3.85. The molecule has 0 nitrogen and oxygen atoms in total. The van der Waals surface area contributed by atoms with Crippen molar-refractivity contribution in [3.63, 3.8) is 0 Å². The summed E-state index contributed by atoms with van der Waals surface area (Å²) in [6.45, 7) is 0. The van der Waals surface area contributed by atoms with Crippen molar-refractivity contribution in [1.82, 2.24) is 0 Å². The molecule has 0 radical (unpaired) electrons. The number of allylic oxidation sites excluding steroid dienone is 8. The molecule has 0 bridgehead atoms. The van der Waals surface area contributed by atoms with Gasteiger partial charge in [0, 0.05) is 0 Å². The first kappa shape index (κ1) is 15.8. The van der Waals surface area contributed by atoms with Crippen molar-refractivity contribution in [2.45, 2.75) is 38.5 Å². The quantitative estimate of drug-likeness (QED) is 0.708. The fraction of sp³-hybridized carbons (Fsp3) is 0.467. The summed E-state index contributed by atoms with van der Waals surface area (Å²) in [7, 11) is 0. The Hall–Kier alpha value is -0.297. The van der Waals surface area contributed by atoms with Crippen LogP contribution < -0.4 is 0 Å². The van der Waals surface area contributed by atoms with Gasteiger partial charge in [-0.3, -0.25) is 9.41 Å². The monoisotopic (exact) mass is 328 g/mol. The van der Waals surface area contributed by atoms with E-state index in [0.29, 0.717) is 0 Å². The van der Waals surface area contributed by atoms with Crippen LogP contribution in [0.25, 0.3) is 0 Å². The minimum absolute atomic E-state index is 0. The van der Waals surface area contributed by atoms with E-state index in [4.69, 9.17) is 0 Å². The van der Waals surface area contributed by atoms with E-state index in [0.717, 1.165) is 5.92 Å². The fourth-order valence-corrected chi connectivity index (χ4v) is 6.54.